The molecule has 0 saturated heterocycles. The van der Waals surface area contributed by atoms with E-state index in [1.54, 1.807) is 0 Å². The van der Waals surface area contributed by atoms with Crippen LogP contribution >= 0.6 is 31.9 Å². The summed E-state index contributed by atoms with van der Waals surface area (Å²) in [5, 5.41) is 1.79. The monoisotopic (exact) mass is 334 g/mol. The van der Waals surface area contributed by atoms with Gasteiger partial charge in [0.25, 0.3) is 0 Å². The Morgan fingerprint density at radius 3 is 1.46 bits per heavy atom. The smallest absolute Gasteiger partial charge is 0.150 e. The van der Waals surface area contributed by atoms with Crippen molar-refractivity contribution in [3.8, 4) is 0 Å². The molecule has 0 aromatic carbocycles. The molecule has 0 radical (unpaired) electrons. The van der Waals surface area contributed by atoms with Crippen molar-refractivity contribution in [1.82, 2.24) is 0 Å². The number of hydrogen-bond donors (Lipinski definition) is 0. The zero-order chi connectivity index (χ0) is 10.2. The molecule has 5 heteroatoms. The van der Waals surface area contributed by atoms with Crippen LogP contribution in [0.4, 0.5) is 0 Å². The molecule has 0 unspecified atom stereocenters. The highest BCUT2D eigenvalue weighted by molar-refractivity contribution is 9.09. The minimum atomic E-state index is -2.77. The van der Waals surface area contributed by atoms with Gasteiger partial charge in [-0.15, -0.1) is 0 Å². The van der Waals surface area contributed by atoms with E-state index < -0.39 is 9.84 Å². The average Bonchev–Trinajstić information content (AvgIpc) is 2.05. The normalized spacial score (nSPS) is 11.8. The molecule has 0 aromatic rings. The van der Waals surface area contributed by atoms with E-state index in [9.17, 15) is 8.42 Å². The second kappa shape index (κ2) is 8.24. The minimum Gasteiger partial charge on any atom is -0.229 e. The van der Waals surface area contributed by atoms with Gasteiger partial charge in [0.05, 0.1) is 11.5 Å². The van der Waals surface area contributed by atoms with E-state index in [1.807, 2.05) is 0 Å². The van der Waals surface area contributed by atoms with E-state index in [0.717, 1.165) is 36.3 Å². The molecule has 0 aliphatic carbocycles. The van der Waals surface area contributed by atoms with Crippen molar-refractivity contribution in [2.45, 2.75) is 25.7 Å². The summed E-state index contributed by atoms with van der Waals surface area (Å²) in [5.74, 6) is 0.696. The summed E-state index contributed by atoms with van der Waals surface area (Å²) in [5.41, 5.74) is 0. The molecule has 0 spiro atoms. The van der Waals surface area contributed by atoms with Crippen LogP contribution in [-0.2, 0) is 9.84 Å². The Kier molecular flexibility index (Phi) is 8.81. The number of halogens is 2. The van der Waals surface area contributed by atoms with Crippen LogP contribution in [0.15, 0.2) is 0 Å². The van der Waals surface area contributed by atoms with Gasteiger partial charge in [0.1, 0.15) is 9.84 Å². The third kappa shape index (κ3) is 9.22. The standard InChI is InChI=1S/C8H16Br2O2S/c9-5-1-3-7-13(11,12)8-4-2-6-10/h1-8H2. The maximum atomic E-state index is 11.3. The van der Waals surface area contributed by atoms with Crippen LogP contribution in [0, 0.1) is 0 Å². The number of hydrogen-bond acceptors (Lipinski definition) is 2. The summed E-state index contributed by atoms with van der Waals surface area (Å²) in [6.07, 6.45) is 3.44. The Labute approximate surface area is 97.7 Å². The predicted molar refractivity (Wildman–Crippen MR) is 64.7 cm³/mol. The molecule has 0 heterocycles. The first-order valence-electron chi connectivity index (χ1n) is 4.45. The van der Waals surface area contributed by atoms with E-state index in [1.165, 1.54) is 0 Å². The second-order valence-electron chi connectivity index (χ2n) is 2.94. The summed E-state index contributed by atoms with van der Waals surface area (Å²) < 4.78 is 22.7. The lowest BCUT2D eigenvalue weighted by Crippen LogP contribution is -2.11. The minimum absolute atomic E-state index is 0.348. The molecule has 0 aliphatic rings. The third-order valence-electron chi connectivity index (χ3n) is 1.68. The highest BCUT2D eigenvalue weighted by atomic mass is 79.9. The number of sulfone groups is 1. The molecule has 0 amide bonds. The third-order valence-corrected chi connectivity index (χ3v) is 4.62. The summed E-state index contributed by atoms with van der Waals surface area (Å²) in [4.78, 5) is 0. The maximum Gasteiger partial charge on any atom is 0.150 e. The van der Waals surface area contributed by atoms with E-state index in [-0.39, 0.29) is 0 Å². The molecule has 13 heavy (non-hydrogen) atoms. The highest BCUT2D eigenvalue weighted by Gasteiger charge is 2.08. The van der Waals surface area contributed by atoms with Crippen molar-refractivity contribution >= 4 is 41.7 Å². The lowest BCUT2D eigenvalue weighted by molar-refractivity contribution is 0.590. The van der Waals surface area contributed by atoms with Gasteiger partial charge in [0, 0.05) is 10.7 Å². The SMILES string of the molecule is O=S(=O)(CCCCBr)CCCCBr. The van der Waals surface area contributed by atoms with Gasteiger partial charge < -0.3 is 0 Å². The van der Waals surface area contributed by atoms with Crippen LogP contribution in [0.3, 0.4) is 0 Å². The molecular formula is C8H16Br2O2S. The van der Waals surface area contributed by atoms with Crippen LogP contribution in [0.25, 0.3) is 0 Å². The molecule has 80 valence electrons. The van der Waals surface area contributed by atoms with Crippen molar-refractivity contribution in [2.75, 3.05) is 22.2 Å². The summed E-state index contributed by atoms with van der Waals surface area (Å²) in [7, 11) is -2.77. The highest BCUT2D eigenvalue weighted by Crippen LogP contribution is 2.03. The van der Waals surface area contributed by atoms with Gasteiger partial charge in [-0.1, -0.05) is 31.9 Å². The predicted octanol–water partition coefficient (Wildman–Crippen LogP) is 2.75. The summed E-state index contributed by atoms with van der Waals surface area (Å²) in [6, 6.07) is 0. The van der Waals surface area contributed by atoms with E-state index in [2.05, 4.69) is 31.9 Å². The van der Waals surface area contributed by atoms with E-state index in [0.29, 0.717) is 11.5 Å². The molecule has 0 aliphatic heterocycles. The van der Waals surface area contributed by atoms with Crippen LogP contribution in [0.1, 0.15) is 25.7 Å². The van der Waals surface area contributed by atoms with Gasteiger partial charge in [0.15, 0.2) is 0 Å². The molecule has 0 bridgehead atoms. The Bertz CT molecular complexity index is 186. The van der Waals surface area contributed by atoms with E-state index >= 15 is 0 Å². The fourth-order valence-electron chi connectivity index (χ4n) is 0.935. The van der Waals surface area contributed by atoms with Gasteiger partial charge in [0.2, 0.25) is 0 Å². The van der Waals surface area contributed by atoms with Gasteiger partial charge in [-0.3, -0.25) is 0 Å². The van der Waals surface area contributed by atoms with Crippen molar-refractivity contribution < 1.29 is 8.42 Å². The molecule has 0 saturated carbocycles. The van der Waals surface area contributed by atoms with Gasteiger partial charge in [-0.05, 0) is 25.7 Å². The lowest BCUT2D eigenvalue weighted by Gasteiger charge is -2.02. The van der Waals surface area contributed by atoms with Crippen molar-refractivity contribution in [3.05, 3.63) is 0 Å². The zero-order valence-corrected chi connectivity index (χ0v) is 11.6. The summed E-state index contributed by atoms with van der Waals surface area (Å²) in [6.45, 7) is 0. The maximum absolute atomic E-state index is 11.3. The van der Waals surface area contributed by atoms with Crippen LogP contribution in [-0.4, -0.2) is 30.6 Å². The molecule has 0 rings (SSSR count). The lowest BCUT2D eigenvalue weighted by atomic mass is 10.4. The van der Waals surface area contributed by atoms with Crippen molar-refractivity contribution in [2.24, 2.45) is 0 Å². The van der Waals surface area contributed by atoms with Gasteiger partial charge in [-0.25, -0.2) is 8.42 Å². The largest absolute Gasteiger partial charge is 0.229 e. The molecular weight excluding hydrogens is 320 g/mol. The van der Waals surface area contributed by atoms with Gasteiger partial charge in [-0.2, -0.15) is 0 Å². The fraction of sp³-hybridized carbons (Fsp3) is 1.00. The Balaban J connectivity index is 3.55. The average molecular weight is 336 g/mol. The molecule has 2 nitrogen and oxygen atoms in total. The Morgan fingerprint density at radius 2 is 1.15 bits per heavy atom. The van der Waals surface area contributed by atoms with Crippen molar-refractivity contribution in [3.63, 3.8) is 0 Å². The Hall–Kier alpha value is 0.910. The van der Waals surface area contributed by atoms with Crippen LogP contribution in [0.2, 0.25) is 0 Å². The van der Waals surface area contributed by atoms with Gasteiger partial charge >= 0.3 is 0 Å². The number of unbranched alkanes of at least 4 members (excludes halogenated alkanes) is 2. The van der Waals surface area contributed by atoms with Crippen molar-refractivity contribution in [1.29, 1.82) is 0 Å². The quantitative estimate of drug-likeness (QED) is 0.505. The number of alkyl halides is 2. The first-order chi connectivity index (χ1) is 6.12. The molecule has 0 fully saturated rings. The zero-order valence-electron chi connectivity index (χ0n) is 7.64. The fourth-order valence-corrected chi connectivity index (χ4v) is 3.22. The van der Waals surface area contributed by atoms with Crippen LogP contribution in [0.5, 0.6) is 0 Å². The first-order valence-corrected chi connectivity index (χ1v) is 8.51. The summed E-state index contributed by atoms with van der Waals surface area (Å²) >= 11 is 6.56. The topological polar surface area (TPSA) is 34.1 Å². The van der Waals surface area contributed by atoms with E-state index in [4.69, 9.17) is 0 Å². The number of rotatable bonds is 8. The Morgan fingerprint density at radius 1 is 0.769 bits per heavy atom. The molecule has 0 aromatic heterocycles. The second-order valence-corrected chi connectivity index (χ2v) is 6.83. The van der Waals surface area contributed by atoms with Crippen LogP contribution < -0.4 is 0 Å². The first kappa shape index (κ1) is 13.9. The molecule has 0 N–H and O–H groups in total. The molecule has 0 atom stereocenters.